The third-order valence-corrected chi connectivity index (χ3v) is 8.02. The average Bonchev–Trinajstić information content (AvgIpc) is 3.47. The van der Waals surface area contributed by atoms with Crippen molar-refractivity contribution in [3.8, 4) is 28.6 Å². The van der Waals surface area contributed by atoms with E-state index in [0.29, 0.717) is 29.1 Å². The molecule has 230 valence electrons. The van der Waals surface area contributed by atoms with Gasteiger partial charge in [-0.3, -0.25) is 9.36 Å². The van der Waals surface area contributed by atoms with E-state index in [9.17, 15) is 4.79 Å². The number of aryl methyl sites for hydroxylation is 1. The third-order valence-electron chi connectivity index (χ3n) is 7.09. The van der Waals surface area contributed by atoms with Crippen LogP contribution in [-0.4, -0.2) is 39.7 Å². The van der Waals surface area contributed by atoms with Gasteiger partial charge in [-0.1, -0.05) is 105 Å². The second-order valence-electron chi connectivity index (χ2n) is 11.6. The molecule has 4 aromatic carbocycles. The second kappa shape index (κ2) is 14.3. The second-order valence-corrected chi connectivity index (χ2v) is 12.5. The molecule has 0 atom stereocenters. The van der Waals surface area contributed by atoms with E-state index in [1.165, 1.54) is 17.3 Å². The van der Waals surface area contributed by atoms with Crippen LogP contribution in [-0.2, 0) is 16.8 Å². The summed E-state index contributed by atoms with van der Waals surface area (Å²) in [4.78, 5) is 12.8. The minimum atomic E-state index is -0.263. The molecule has 0 aliphatic rings. The van der Waals surface area contributed by atoms with Gasteiger partial charge in [-0.2, -0.15) is 5.10 Å². The maximum absolute atomic E-state index is 12.8. The zero-order valence-electron chi connectivity index (χ0n) is 26.2. The van der Waals surface area contributed by atoms with Crippen LogP contribution in [0.5, 0.6) is 11.5 Å². The Labute approximate surface area is 268 Å². The molecule has 45 heavy (non-hydrogen) atoms. The molecular formula is C36H37N5O3S. The lowest BCUT2D eigenvalue weighted by molar-refractivity contribution is -0.118. The highest BCUT2D eigenvalue weighted by atomic mass is 32.2. The fourth-order valence-corrected chi connectivity index (χ4v) is 5.30. The Kier molecular flexibility index (Phi) is 9.99. The highest BCUT2D eigenvalue weighted by Gasteiger charge is 2.19. The van der Waals surface area contributed by atoms with Crippen LogP contribution in [0.1, 0.15) is 43.0 Å². The van der Waals surface area contributed by atoms with E-state index < -0.39 is 0 Å². The van der Waals surface area contributed by atoms with Crippen LogP contribution in [0.3, 0.4) is 0 Å². The van der Waals surface area contributed by atoms with E-state index in [4.69, 9.17) is 9.47 Å². The fourth-order valence-electron chi connectivity index (χ4n) is 4.56. The Morgan fingerprint density at radius 2 is 1.67 bits per heavy atom. The van der Waals surface area contributed by atoms with Crippen molar-refractivity contribution in [2.75, 3.05) is 12.9 Å². The first-order valence-corrected chi connectivity index (χ1v) is 15.6. The SMILES string of the molecule is COc1cc(/C=N\NC(=O)CSc2nnc(-c3ccc(C(C)(C)C)cc3)n2-c2ccc(C)cc2)ccc1OCc1ccccc1. The Balaban J connectivity index is 1.24. The molecule has 0 saturated heterocycles. The van der Waals surface area contributed by atoms with Crippen molar-refractivity contribution >= 4 is 23.9 Å². The molecule has 0 fully saturated rings. The van der Waals surface area contributed by atoms with Gasteiger partial charge in [0.2, 0.25) is 0 Å². The summed E-state index contributed by atoms with van der Waals surface area (Å²) in [6.07, 6.45) is 1.57. The molecule has 8 nitrogen and oxygen atoms in total. The van der Waals surface area contributed by atoms with Gasteiger partial charge in [0, 0.05) is 11.3 Å². The largest absolute Gasteiger partial charge is 0.493 e. The summed E-state index contributed by atoms with van der Waals surface area (Å²) in [7, 11) is 1.59. The van der Waals surface area contributed by atoms with Gasteiger partial charge in [0.25, 0.3) is 5.91 Å². The van der Waals surface area contributed by atoms with Crippen molar-refractivity contribution in [1.82, 2.24) is 20.2 Å². The van der Waals surface area contributed by atoms with Gasteiger partial charge in [0.05, 0.1) is 19.1 Å². The number of amides is 1. The summed E-state index contributed by atoms with van der Waals surface area (Å²) < 4.78 is 13.4. The van der Waals surface area contributed by atoms with Crippen LogP contribution in [0, 0.1) is 6.92 Å². The zero-order chi connectivity index (χ0) is 31.8. The number of hydrogen-bond donors (Lipinski definition) is 1. The first-order chi connectivity index (χ1) is 21.7. The smallest absolute Gasteiger partial charge is 0.250 e. The number of nitrogens with one attached hydrogen (secondary N) is 1. The highest BCUT2D eigenvalue weighted by Crippen LogP contribution is 2.31. The van der Waals surface area contributed by atoms with Crippen molar-refractivity contribution in [3.05, 3.63) is 119 Å². The van der Waals surface area contributed by atoms with Gasteiger partial charge < -0.3 is 9.47 Å². The van der Waals surface area contributed by atoms with Gasteiger partial charge >= 0.3 is 0 Å². The highest BCUT2D eigenvalue weighted by molar-refractivity contribution is 7.99. The third kappa shape index (κ3) is 8.19. The zero-order valence-corrected chi connectivity index (χ0v) is 27.0. The number of nitrogens with zero attached hydrogens (tertiary/aromatic N) is 4. The standard InChI is InChI=1S/C36H37N5O3S/c1-25-11-18-30(19-12-25)41-34(28-14-16-29(17-15-28)36(2,3)4)39-40-35(41)45-24-33(42)38-37-22-27-13-20-31(32(21-27)43-5)44-23-26-9-7-6-8-10-26/h6-22H,23-24H2,1-5H3,(H,38,42)/b37-22-. The lowest BCUT2D eigenvalue weighted by Gasteiger charge is -2.19. The predicted molar refractivity (Wildman–Crippen MR) is 180 cm³/mol. The van der Waals surface area contributed by atoms with Crippen molar-refractivity contribution in [1.29, 1.82) is 0 Å². The van der Waals surface area contributed by atoms with Gasteiger partial charge in [-0.15, -0.1) is 10.2 Å². The normalized spacial score (nSPS) is 11.5. The van der Waals surface area contributed by atoms with Crippen LogP contribution in [0.25, 0.3) is 17.1 Å². The van der Waals surface area contributed by atoms with Crippen LogP contribution < -0.4 is 14.9 Å². The van der Waals surface area contributed by atoms with E-state index in [1.807, 2.05) is 72.2 Å². The van der Waals surface area contributed by atoms with Gasteiger partial charge in [-0.25, -0.2) is 5.43 Å². The molecule has 0 saturated carbocycles. The number of thioether (sulfide) groups is 1. The number of rotatable bonds is 11. The Morgan fingerprint density at radius 1 is 0.933 bits per heavy atom. The molecule has 1 heterocycles. The molecule has 1 N–H and O–H groups in total. The number of methoxy groups -OCH3 is 1. The Hall–Kier alpha value is -4.89. The molecule has 1 aromatic heterocycles. The number of aromatic nitrogens is 3. The summed E-state index contributed by atoms with van der Waals surface area (Å²) >= 11 is 1.30. The van der Waals surface area contributed by atoms with Crippen LogP contribution in [0.4, 0.5) is 0 Å². The summed E-state index contributed by atoms with van der Waals surface area (Å²) in [6, 6.07) is 32.0. The quantitative estimate of drug-likeness (QED) is 0.0943. The Bertz CT molecular complexity index is 1760. The number of carbonyl (C=O) groups excluding carboxylic acids is 1. The molecule has 5 aromatic rings. The first-order valence-electron chi connectivity index (χ1n) is 14.6. The van der Waals surface area contributed by atoms with Crippen molar-refractivity contribution in [2.45, 2.75) is 44.9 Å². The molecule has 0 bridgehead atoms. The van der Waals surface area contributed by atoms with Gasteiger partial charge in [-0.05, 0) is 59.4 Å². The predicted octanol–water partition coefficient (Wildman–Crippen LogP) is 7.37. The summed E-state index contributed by atoms with van der Waals surface area (Å²) in [6.45, 7) is 9.05. The first kappa shape index (κ1) is 31.5. The molecule has 1 amide bonds. The summed E-state index contributed by atoms with van der Waals surface area (Å²) in [5, 5.41) is 13.7. The van der Waals surface area contributed by atoms with E-state index in [1.54, 1.807) is 13.3 Å². The van der Waals surface area contributed by atoms with Crippen LogP contribution in [0.15, 0.2) is 107 Å². The number of hydrazone groups is 1. The van der Waals surface area contributed by atoms with Crippen molar-refractivity contribution in [3.63, 3.8) is 0 Å². The molecule has 0 unspecified atom stereocenters. The van der Waals surface area contributed by atoms with E-state index in [-0.39, 0.29) is 17.1 Å². The summed E-state index contributed by atoms with van der Waals surface area (Å²) in [5.74, 6) is 1.77. The number of carbonyl (C=O) groups is 1. The van der Waals surface area contributed by atoms with E-state index >= 15 is 0 Å². The molecule has 0 aliphatic heterocycles. The molecule has 0 radical (unpaired) electrons. The Morgan fingerprint density at radius 3 is 2.36 bits per heavy atom. The minimum Gasteiger partial charge on any atom is -0.493 e. The topological polar surface area (TPSA) is 90.6 Å². The van der Waals surface area contributed by atoms with Crippen molar-refractivity contribution < 1.29 is 14.3 Å². The monoisotopic (exact) mass is 619 g/mol. The lowest BCUT2D eigenvalue weighted by atomic mass is 9.87. The number of ether oxygens (including phenoxy) is 2. The number of benzene rings is 4. The molecule has 0 spiro atoms. The average molecular weight is 620 g/mol. The van der Waals surface area contributed by atoms with Gasteiger partial charge in [0.1, 0.15) is 6.61 Å². The van der Waals surface area contributed by atoms with Gasteiger partial charge in [0.15, 0.2) is 22.5 Å². The van der Waals surface area contributed by atoms with E-state index in [2.05, 4.69) is 77.9 Å². The van der Waals surface area contributed by atoms with E-state index in [0.717, 1.165) is 27.9 Å². The summed E-state index contributed by atoms with van der Waals surface area (Å²) in [5.41, 5.74) is 8.74. The van der Waals surface area contributed by atoms with Crippen LogP contribution in [0.2, 0.25) is 0 Å². The molecule has 9 heteroatoms. The minimum absolute atomic E-state index is 0.0481. The maximum Gasteiger partial charge on any atom is 0.250 e. The van der Waals surface area contributed by atoms with Crippen LogP contribution >= 0.6 is 11.8 Å². The van der Waals surface area contributed by atoms with Crippen molar-refractivity contribution in [2.24, 2.45) is 5.10 Å². The molecule has 5 rings (SSSR count). The molecular weight excluding hydrogens is 582 g/mol. The maximum atomic E-state index is 12.8. The molecule has 0 aliphatic carbocycles. The lowest BCUT2D eigenvalue weighted by Crippen LogP contribution is -2.20. The number of hydrogen-bond acceptors (Lipinski definition) is 7. The fraction of sp³-hybridized carbons (Fsp3) is 0.222.